The SMILES string of the molecule is CCn1cc(CN(C)C(=O)c2nn(C)cc2Br)c(C)n1. The fraction of sp³-hybridized carbons (Fsp3) is 0.462. The lowest BCUT2D eigenvalue weighted by Gasteiger charge is -2.15. The standard InChI is InChI=1S/C13H18BrN5O/c1-5-19-7-10(9(2)15-19)6-17(3)13(20)12-11(14)8-18(4)16-12/h7-8H,5-6H2,1-4H3. The van der Waals surface area contributed by atoms with Gasteiger partial charge in [-0.05, 0) is 29.8 Å². The van der Waals surface area contributed by atoms with Gasteiger partial charge in [-0.25, -0.2) is 0 Å². The van der Waals surface area contributed by atoms with Gasteiger partial charge in [-0.3, -0.25) is 14.2 Å². The van der Waals surface area contributed by atoms with E-state index in [9.17, 15) is 4.79 Å². The van der Waals surface area contributed by atoms with Gasteiger partial charge in [-0.2, -0.15) is 10.2 Å². The lowest BCUT2D eigenvalue weighted by Crippen LogP contribution is -2.27. The highest BCUT2D eigenvalue weighted by atomic mass is 79.9. The molecule has 7 heteroatoms. The zero-order valence-electron chi connectivity index (χ0n) is 12.1. The normalized spacial score (nSPS) is 10.8. The van der Waals surface area contributed by atoms with E-state index in [2.05, 4.69) is 26.1 Å². The molecule has 2 aromatic rings. The summed E-state index contributed by atoms with van der Waals surface area (Å²) in [7, 11) is 3.56. The first-order valence-corrected chi connectivity index (χ1v) is 7.19. The lowest BCUT2D eigenvalue weighted by molar-refractivity contribution is 0.0777. The van der Waals surface area contributed by atoms with Crippen LogP contribution < -0.4 is 0 Å². The van der Waals surface area contributed by atoms with Gasteiger partial charge in [-0.1, -0.05) is 0 Å². The summed E-state index contributed by atoms with van der Waals surface area (Å²) in [4.78, 5) is 14.0. The second kappa shape index (κ2) is 5.78. The summed E-state index contributed by atoms with van der Waals surface area (Å²) < 4.78 is 4.20. The lowest BCUT2D eigenvalue weighted by atomic mass is 10.2. The fourth-order valence-electron chi connectivity index (χ4n) is 1.99. The summed E-state index contributed by atoms with van der Waals surface area (Å²) in [5, 5.41) is 8.56. The number of carbonyl (C=O) groups is 1. The van der Waals surface area contributed by atoms with Crippen molar-refractivity contribution in [3.8, 4) is 0 Å². The van der Waals surface area contributed by atoms with Crippen LogP contribution in [-0.2, 0) is 20.1 Å². The maximum absolute atomic E-state index is 12.4. The van der Waals surface area contributed by atoms with E-state index < -0.39 is 0 Å². The Labute approximate surface area is 126 Å². The van der Waals surface area contributed by atoms with Gasteiger partial charge in [0.15, 0.2) is 5.69 Å². The Morgan fingerprint density at radius 1 is 1.40 bits per heavy atom. The molecule has 0 aliphatic rings. The average molecular weight is 340 g/mol. The molecule has 108 valence electrons. The van der Waals surface area contributed by atoms with Crippen molar-refractivity contribution < 1.29 is 4.79 Å². The molecule has 20 heavy (non-hydrogen) atoms. The Morgan fingerprint density at radius 2 is 2.10 bits per heavy atom. The molecular formula is C13H18BrN5O. The van der Waals surface area contributed by atoms with Crippen molar-refractivity contribution in [3.05, 3.63) is 33.8 Å². The zero-order valence-corrected chi connectivity index (χ0v) is 13.7. The minimum atomic E-state index is -0.110. The zero-order chi connectivity index (χ0) is 14.9. The molecule has 2 heterocycles. The summed E-state index contributed by atoms with van der Waals surface area (Å²) in [5.41, 5.74) is 2.43. The van der Waals surface area contributed by atoms with Crippen LogP contribution in [-0.4, -0.2) is 37.4 Å². The van der Waals surface area contributed by atoms with Gasteiger partial charge >= 0.3 is 0 Å². The number of carbonyl (C=O) groups excluding carboxylic acids is 1. The summed E-state index contributed by atoms with van der Waals surface area (Å²) in [5.74, 6) is -0.110. The van der Waals surface area contributed by atoms with E-state index in [0.29, 0.717) is 16.7 Å². The molecule has 0 bridgehead atoms. The number of aromatic nitrogens is 4. The van der Waals surface area contributed by atoms with E-state index >= 15 is 0 Å². The minimum Gasteiger partial charge on any atom is -0.336 e. The molecule has 0 spiro atoms. The molecule has 0 aromatic carbocycles. The third kappa shape index (κ3) is 2.92. The van der Waals surface area contributed by atoms with Gasteiger partial charge < -0.3 is 4.90 Å². The molecule has 0 atom stereocenters. The van der Waals surface area contributed by atoms with Gasteiger partial charge in [0.25, 0.3) is 5.91 Å². The van der Waals surface area contributed by atoms with Crippen LogP contribution in [0.5, 0.6) is 0 Å². The third-order valence-corrected chi connectivity index (χ3v) is 3.69. The molecule has 2 aromatic heterocycles. The molecule has 0 aliphatic carbocycles. The molecule has 0 saturated heterocycles. The number of nitrogens with zero attached hydrogens (tertiary/aromatic N) is 5. The molecule has 0 saturated carbocycles. The number of rotatable bonds is 4. The van der Waals surface area contributed by atoms with Gasteiger partial charge in [0.1, 0.15) is 0 Å². The van der Waals surface area contributed by atoms with E-state index in [1.54, 1.807) is 29.9 Å². The van der Waals surface area contributed by atoms with Gasteiger partial charge in [0.2, 0.25) is 0 Å². The van der Waals surface area contributed by atoms with Crippen molar-refractivity contribution in [3.63, 3.8) is 0 Å². The quantitative estimate of drug-likeness (QED) is 0.855. The van der Waals surface area contributed by atoms with Gasteiger partial charge in [-0.15, -0.1) is 0 Å². The first-order chi connectivity index (χ1) is 9.42. The predicted octanol–water partition coefficient (Wildman–Crippen LogP) is 1.98. The Kier molecular flexibility index (Phi) is 4.27. The van der Waals surface area contributed by atoms with Crippen molar-refractivity contribution in [2.24, 2.45) is 7.05 Å². The second-order valence-corrected chi connectivity index (χ2v) is 5.61. The number of hydrogen-bond donors (Lipinski definition) is 0. The molecule has 2 rings (SSSR count). The Morgan fingerprint density at radius 3 is 2.60 bits per heavy atom. The molecular weight excluding hydrogens is 322 g/mol. The van der Waals surface area contributed by atoms with E-state index in [4.69, 9.17) is 0 Å². The van der Waals surface area contributed by atoms with Crippen molar-refractivity contribution in [2.75, 3.05) is 7.05 Å². The summed E-state index contributed by atoms with van der Waals surface area (Å²) >= 11 is 3.35. The number of amides is 1. The Bertz CT molecular complexity index is 631. The number of hydrogen-bond acceptors (Lipinski definition) is 3. The molecule has 1 amide bonds. The number of halogens is 1. The van der Waals surface area contributed by atoms with Crippen LogP contribution in [0.1, 0.15) is 28.7 Å². The smallest absolute Gasteiger partial charge is 0.275 e. The largest absolute Gasteiger partial charge is 0.336 e. The van der Waals surface area contributed by atoms with Crippen molar-refractivity contribution in [1.29, 1.82) is 0 Å². The van der Waals surface area contributed by atoms with Crippen LogP contribution in [0.25, 0.3) is 0 Å². The van der Waals surface area contributed by atoms with E-state index in [1.807, 2.05) is 24.7 Å². The molecule has 6 nitrogen and oxygen atoms in total. The van der Waals surface area contributed by atoms with E-state index in [-0.39, 0.29) is 5.91 Å². The van der Waals surface area contributed by atoms with Crippen LogP contribution in [0.2, 0.25) is 0 Å². The first-order valence-electron chi connectivity index (χ1n) is 6.40. The van der Waals surface area contributed by atoms with Gasteiger partial charge in [0, 0.05) is 45.1 Å². The van der Waals surface area contributed by atoms with Crippen LogP contribution >= 0.6 is 15.9 Å². The van der Waals surface area contributed by atoms with Crippen LogP contribution in [0.4, 0.5) is 0 Å². The Hall–Kier alpha value is -1.63. The molecule has 0 radical (unpaired) electrons. The monoisotopic (exact) mass is 339 g/mol. The summed E-state index contributed by atoms with van der Waals surface area (Å²) in [6.45, 7) is 5.34. The van der Waals surface area contributed by atoms with Crippen LogP contribution in [0.3, 0.4) is 0 Å². The van der Waals surface area contributed by atoms with Crippen LogP contribution in [0, 0.1) is 6.92 Å². The highest BCUT2D eigenvalue weighted by Crippen LogP contribution is 2.17. The number of aryl methyl sites for hydroxylation is 3. The van der Waals surface area contributed by atoms with Crippen LogP contribution in [0.15, 0.2) is 16.9 Å². The highest BCUT2D eigenvalue weighted by Gasteiger charge is 2.19. The average Bonchev–Trinajstić information content (AvgIpc) is 2.91. The second-order valence-electron chi connectivity index (χ2n) is 4.76. The maximum atomic E-state index is 12.4. The predicted molar refractivity (Wildman–Crippen MR) is 79.3 cm³/mol. The Balaban J connectivity index is 2.15. The fourth-order valence-corrected chi connectivity index (χ4v) is 2.53. The first kappa shape index (κ1) is 14.8. The third-order valence-electron chi connectivity index (χ3n) is 3.11. The highest BCUT2D eigenvalue weighted by molar-refractivity contribution is 9.10. The van der Waals surface area contributed by atoms with Crippen molar-refractivity contribution >= 4 is 21.8 Å². The van der Waals surface area contributed by atoms with Crippen molar-refractivity contribution in [2.45, 2.75) is 26.9 Å². The summed E-state index contributed by atoms with van der Waals surface area (Å²) in [6, 6.07) is 0. The molecule has 0 fully saturated rings. The molecule has 0 N–H and O–H groups in total. The van der Waals surface area contributed by atoms with E-state index in [0.717, 1.165) is 17.8 Å². The molecule has 0 unspecified atom stereocenters. The van der Waals surface area contributed by atoms with Gasteiger partial charge in [0.05, 0.1) is 10.2 Å². The summed E-state index contributed by atoms with van der Waals surface area (Å²) in [6.07, 6.45) is 3.74. The maximum Gasteiger partial charge on any atom is 0.275 e. The van der Waals surface area contributed by atoms with Crippen molar-refractivity contribution in [1.82, 2.24) is 24.5 Å². The van der Waals surface area contributed by atoms with E-state index in [1.165, 1.54) is 0 Å². The molecule has 0 aliphatic heterocycles. The minimum absolute atomic E-state index is 0.110. The topological polar surface area (TPSA) is 56.0 Å².